The first-order valence-electron chi connectivity index (χ1n) is 7.18. The molecule has 124 valence electrons. The molecule has 5 nitrogen and oxygen atoms in total. The molecule has 3 aromatic rings. The van der Waals surface area contributed by atoms with Gasteiger partial charge >= 0.3 is 0 Å². The van der Waals surface area contributed by atoms with Crippen LogP contribution in [-0.4, -0.2) is 20.4 Å². The molecule has 0 amide bonds. The third-order valence-corrected chi connectivity index (χ3v) is 5.78. The number of benzene rings is 2. The summed E-state index contributed by atoms with van der Waals surface area (Å²) < 4.78 is 32.2. The molecule has 0 aliphatic carbocycles. The molecule has 0 aliphatic heterocycles. The van der Waals surface area contributed by atoms with Crippen molar-refractivity contribution in [3.8, 4) is 11.5 Å². The van der Waals surface area contributed by atoms with Crippen LogP contribution in [-0.2, 0) is 9.84 Å². The fraction of sp³-hybridized carbons (Fsp3) is 0.118. The van der Waals surface area contributed by atoms with E-state index in [4.69, 9.17) is 4.42 Å². The van der Waals surface area contributed by atoms with Crippen LogP contribution in [0.5, 0.6) is 0 Å². The van der Waals surface area contributed by atoms with Gasteiger partial charge in [0.1, 0.15) is 0 Å². The summed E-state index contributed by atoms with van der Waals surface area (Å²) in [6.07, 6.45) is 0. The maximum absolute atomic E-state index is 12.9. The van der Waals surface area contributed by atoms with Crippen molar-refractivity contribution in [3.05, 3.63) is 58.6 Å². The van der Waals surface area contributed by atoms with Crippen LogP contribution in [0, 0.1) is 6.92 Å². The minimum Gasteiger partial charge on any atom is -0.419 e. The molecule has 0 bridgehead atoms. The second-order valence-corrected chi connectivity index (χ2v) is 7.96. The van der Waals surface area contributed by atoms with E-state index in [2.05, 4.69) is 26.2 Å². The molecule has 3 rings (SSSR count). The maximum Gasteiger partial charge on any atom is 0.233 e. The highest BCUT2D eigenvalue weighted by molar-refractivity contribution is 9.10. The third kappa shape index (κ3) is 2.97. The van der Waals surface area contributed by atoms with Crippen LogP contribution < -0.4 is 5.32 Å². The molecule has 0 aliphatic rings. The van der Waals surface area contributed by atoms with Crippen LogP contribution in [0.1, 0.15) is 5.56 Å². The minimum atomic E-state index is -3.79. The summed E-state index contributed by atoms with van der Waals surface area (Å²) in [5.41, 5.74) is 1.71. The van der Waals surface area contributed by atoms with Crippen LogP contribution in [0.2, 0.25) is 0 Å². The van der Waals surface area contributed by atoms with Gasteiger partial charge in [-0.2, -0.15) is 4.98 Å². The lowest BCUT2D eigenvalue weighted by atomic mass is 10.1. The van der Waals surface area contributed by atoms with E-state index in [1.54, 1.807) is 19.2 Å². The predicted octanol–water partition coefficient (Wildman–Crippen LogP) is 4.29. The number of sulfone groups is 1. The highest BCUT2D eigenvalue weighted by atomic mass is 79.9. The Labute approximate surface area is 148 Å². The van der Waals surface area contributed by atoms with Crippen molar-refractivity contribution in [1.82, 2.24) is 4.98 Å². The Morgan fingerprint density at radius 3 is 2.38 bits per heavy atom. The normalized spacial score (nSPS) is 11.5. The van der Waals surface area contributed by atoms with Crippen molar-refractivity contribution in [3.63, 3.8) is 0 Å². The number of aryl methyl sites for hydroxylation is 1. The lowest BCUT2D eigenvalue weighted by Gasteiger charge is -2.02. The minimum absolute atomic E-state index is 0.120. The zero-order valence-electron chi connectivity index (χ0n) is 13.1. The van der Waals surface area contributed by atoms with E-state index in [9.17, 15) is 8.42 Å². The predicted molar refractivity (Wildman–Crippen MR) is 95.8 cm³/mol. The lowest BCUT2D eigenvalue weighted by Crippen LogP contribution is -2.05. The molecule has 0 atom stereocenters. The SMILES string of the molecule is CNc1oc(-c2ccccc2C)nc1S(=O)(=O)c1ccc(Br)cc1. The molecule has 1 N–H and O–H groups in total. The number of rotatable bonds is 4. The van der Waals surface area contributed by atoms with Crippen LogP contribution in [0.15, 0.2) is 67.3 Å². The van der Waals surface area contributed by atoms with Crippen molar-refractivity contribution in [1.29, 1.82) is 0 Å². The molecule has 0 spiro atoms. The quantitative estimate of drug-likeness (QED) is 0.699. The van der Waals surface area contributed by atoms with Gasteiger partial charge in [-0.3, -0.25) is 0 Å². The van der Waals surface area contributed by atoms with E-state index in [0.717, 1.165) is 15.6 Å². The molecule has 0 saturated carbocycles. The van der Waals surface area contributed by atoms with Gasteiger partial charge in [0.15, 0.2) is 0 Å². The first-order valence-corrected chi connectivity index (χ1v) is 9.46. The Bertz CT molecular complexity index is 979. The summed E-state index contributed by atoms with van der Waals surface area (Å²) in [5, 5.41) is 2.66. The zero-order valence-corrected chi connectivity index (χ0v) is 15.5. The average molecular weight is 407 g/mol. The molecule has 7 heteroatoms. The fourth-order valence-electron chi connectivity index (χ4n) is 2.30. The maximum atomic E-state index is 12.9. The van der Waals surface area contributed by atoms with Gasteiger partial charge in [0.05, 0.1) is 4.90 Å². The van der Waals surface area contributed by atoms with Crippen LogP contribution in [0.25, 0.3) is 11.5 Å². The van der Waals surface area contributed by atoms with Crippen LogP contribution in [0.3, 0.4) is 0 Å². The van der Waals surface area contributed by atoms with Gasteiger partial charge in [-0.25, -0.2) is 8.42 Å². The average Bonchev–Trinajstić information content (AvgIpc) is 3.00. The molecular formula is C17H15BrN2O3S. The number of nitrogens with one attached hydrogen (secondary N) is 1. The molecule has 1 aromatic heterocycles. The molecule has 24 heavy (non-hydrogen) atoms. The van der Waals surface area contributed by atoms with Gasteiger partial charge in [0, 0.05) is 17.1 Å². The van der Waals surface area contributed by atoms with Crippen molar-refractivity contribution in [2.75, 3.05) is 12.4 Å². The smallest absolute Gasteiger partial charge is 0.233 e. The summed E-state index contributed by atoms with van der Waals surface area (Å²) in [6.45, 7) is 1.92. The third-order valence-electron chi connectivity index (χ3n) is 3.58. The Kier molecular flexibility index (Phi) is 4.47. The van der Waals surface area contributed by atoms with Crippen LogP contribution >= 0.6 is 15.9 Å². The summed E-state index contributed by atoms with van der Waals surface area (Å²) in [5.74, 6) is 0.393. The Balaban J connectivity index is 2.15. The van der Waals surface area contributed by atoms with Crippen molar-refractivity contribution in [2.45, 2.75) is 16.8 Å². The number of aromatic nitrogens is 1. The number of halogens is 1. The van der Waals surface area contributed by atoms with Gasteiger partial charge in [-0.15, -0.1) is 0 Å². The lowest BCUT2D eigenvalue weighted by molar-refractivity contribution is 0.580. The van der Waals surface area contributed by atoms with Crippen LogP contribution in [0.4, 0.5) is 5.88 Å². The Morgan fingerprint density at radius 1 is 1.08 bits per heavy atom. The monoisotopic (exact) mass is 406 g/mol. The van der Waals surface area contributed by atoms with E-state index < -0.39 is 9.84 Å². The number of hydrogen-bond acceptors (Lipinski definition) is 5. The topological polar surface area (TPSA) is 72.2 Å². The second-order valence-electron chi connectivity index (χ2n) is 5.18. The van der Waals surface area contributed by atoms with E-state index in [-0.39, 0.29) is 21.7 Å². The highest BCUT2D eigenvalue weighted by Gasteiger charge is 2.28. The van der Waals surface area contributed by atoms with Gasteiger partial charge < -0.3 is 9.73 Å². The second kappa shape index (κ2) is 6.41. The number of hydrogen-bond donors (Lipinski definition) is 1. The van der Waals surface area contributed by atoms with E-state index in [0.29, 0.717) is 0 Å². The highest BCUT2D eigenvalue weighted by Crippen LogP contribution is 2.33. The number of oxazole rings is 1. The van der Waals surface area contributed by atoms with E-state index >= 15 is 0 Å². The van der Waals surface area contributed by atoms with Gasteiger partial charge in [-0.05, 0) is 42.8 Å². The first kappa shape index (κ1) is 16.7. The van der Waals surface area contributed by atoms with Gasteiger partial charge in [0.25, 0.3) is 0 Å². The summed E-state index contributed by atoms with van der Waals surface area (Å²) in [4.78, 5) is 4.41. The Hall–Kier alpha value is -2.12. The largest absolute Gasteiger partial charge is 0.419 e. The Morgan fingerprint density at radius 2 is 1.75 bits per heavy atom. The number of anilines is 1. The fourth-order valence-corrected chi connectivity index (χ4v) is 3.87. The molecule has 0 fully saturated rings. The summed E-state index contributed by atoms with van der Waals surface area (Å²) in [6, 6.07) is 13.9. The molecule has 1 heterocycles. The van der Waals surface area contributed by atoms with Gasteiger partial charge in [-0.1, -0.05) is 34.1 Å². The standard InChI is InChI=1S/C17H15BrN2O3S/c1-11-5-3-4-6-14(11)15-20-17(16(19-2)23-15)24(21,22)13-9-7-12(18)8-10-13/h3-10,19H,1-2H3. The van der Waals surface area contributed by atoms with Crippen molar-refractivity contribution in [2.24, 2.45) is 0 Å². The van der Waals surface area contributed by atoms with Gasteiger partial charge in [0.2, 0.25) is 26.6 Å². The molecule has 0 unspecified atom stereocenters. The first-order chi connectivity index (χ1) is 11.4. The molecule has 0 radical (unpaired) electrons. The van der Waals surface area contributed by atoms with E-state index in [1.165, 1.54) is 12.1 Å². The van der Waals surface area contributed by atoms with Crippen molar-refractivity contribution < 1.29 is 12.8 Å². The van der Waals surface area contributed by atoms with Crippen molar-refractivity contribution >= 4 is 31.7 Å². The zero-order chi connectivity index (χ0) is 17.3. The molecule has 2 aromatic carbocycles. The summed E-state index contributed by atoms with van der Waals surface area (Å²) in [7, 11) is -2.19. The molecular weight excluding hydrogens is 392 g/mol. The molecule has 0 saturated heterocycles. The summed E-state index contributed by atoms with van der Waals surface area (Å²) >= 11 is 3.30. The number of nitrogens with zero attached hydrogens (tertiary/aromatic N) is 1. The van der Waals surface area contributed by atoms with E-state index in [1.807, 2.05) is 31.2 Å².